The lowest BCUT2D eigenvalue weighted by Gasteiger charge is -2.35. The number of carbonyl (C=O) groups excluding carboxylic acids is 3. The first-order valence-corrected chi connectivity index (χ1v) is 10.9. The summed E-state index contributed by atoms with van der Waals surface area (Å²) in [4.78, 5) is 43.3. The Morgan fingerprint density at radius 3 is 2.53 bits per heavy atom. The molecule has 0 bridgehead atoms. The summed E-state index contributed by atoms with van der Waals surface area (Å²) in [6, 6.07) is 6.14. The average Bonchev–Trinajstić information content (AvgIpc) is 3.37. The number of hydrogen-bond acceptors (Lipinski definition) is 4. The molecule has 3 aliphatic rings. The highest BCUT2D eigenvalue weighted by molar-refractivity contribution is 5.92. The minimum atomic E-state index is -0.392. The van der Waals surface area contributed by atoms with Crippen molar-refractivity contribution in [1.29, 1.82) is 0 Å². The van der Waals surface area contributed by atoms with Crippen molar-refractivity contribution >= 4 is 23.4 Å². The number of hydrogen-bond donors (Lipinski definition) is 1. The summed E-state index contributed by atoms with van der Waals surface area (Å²) in [6.45, 7) is 3.08. The van der Waals surface area contributed by atoms with E-state index in [-0.39, 0.29) is 30.2 Å². The predicted octanol–water partition coefficient (Wildman–Crippen LogP) is 1.70. The number of anilines is 1. The minimum absolute atomic E-state index is 0.0627. The fourth-order valence-electron chi connectivity index (χ4n) is 4.82. The largest absolute Gasteiger partial charge is 0.340 e. The highest BCUT2D eigenvalue weighted by Crippen LogP contribution is 2.30. The van der Waals surface area contributed by atoms with Gasteiger partial charge in [-0.2, -0.15) is 0 Å². The number of piperazine rings is 1. The topological polar surface area (TPSA) is 73.0 Å². The van der Waals surface area contributed by atoms with Gasteiger partial charge in [-0.25, -0.2) is 4.39 Å². The summed E-state index contributed by atoms with van der Waals surface area (Å²) < 4.78 is 13.2. The van der Waals surface area contributed by atoms with Crippen LogP contribution in [-0.4, -0.2) is 77.7 Å². The van der Waals surface area contributed by atoms with Gasteiger partial charge in [0.25, 0.3) is 0 Å². The number of likely N-dealkylation sites (tertiary alicyclic amines) is 1. The molecule has 0 aromatic heterocycles. The molecular weight excluding hydrogens is 387 g/mol. The number of nitrogens with one attached hydrogen (secondary N) is 1. The Balaban J connectivity index is 1.22. The lowest BCUT2D eigenvalue weighted by molar-refractivity contribution is -0.137. The van der Waals surface area contributed by atoms with Crippen LogP contribution in [0.3, 0.4) is 0 Å². The summed E-state index contributed by atoms with van der Waals surface area (Å²) >= 11 is 0. The molecule has 1 N–H and O–H groups in total. The van der Waals surface area contributed by atoms with Gasteiger partial charge in [-0.15, -0.1) is 0 Å². The molecule has 0 spiro atoms. The van der Waals surface area contributed by atoms with Crippen LogP contribution in [0.25, 0.3) is 0 Å². The van der Waals surface area contributed by atoms with E-state index in [0.717, 1.165) is 12.8 Å². The molecule has 7 nitrogen and oxygen atoms in total. The Bertz CT molecular complexity index is 803. The van der Waals surface area contributed by atoms with Gasteiger partial charge in [0.2, 0.25) is 17.7 Å². The smallest absolute Gasteiger partial charge is 0.238 e. The number of rotatable bonds is 5. The van der Waals surface area contributed by atoms with Crippen molar-refractivity contribution in [3.63, 3.8) is 0 Å². The molecule has 4 rings (SSSR count). The number of halogens is 1. The molecule has 0 unspecified atom stereocenters. The molecule has 1 atom stereocenters. The third kappa shape index (κ3) is 4.80. The van der Waals surface area contributed by atoms with E-state index >= 15 is 0 Å². The van der Waals surface area contributed by atoms with Gasteiger partial charge >= 0.3 is 0 Å². The molecule has 30 heavy (non-hydrogen) atoms. The van der Waals surface area contributed by atoms with Gasteiger partial charge < -0.3 is 15.1 Å². The highest BCUT2D eigenvalue weighted by Gasteiger charge is 2.40. The maximum Gasteiger partial charge on any atom is 0.238 e. The lowest BCUT2D eigenvalue weighted by atomic mass is 10.1. The Morgan fingerprint density at radius 2 is 1.83 bits per heavy atom. The Kier molecular flexibility index (Phi) is 6.32. The normalized spacial score (nSPS) is 23.2. The lowest BCUT2D eigenvalue weighted by Crippen LogP contribution is -2.52. The third-order valence-corrected chi connectivity index (χ3v) is 6.43. The molecule has 3 fully saturated rings. The molecule has 8 heteroatoms. The van der Waals surface area contributed by atoms with E-state index in [1.165, 1.54) is 25.0 Å². The first kappa shape index (κ1) is 20.8. The standard InChI is InChI=1S/C22H29FN4O3/c23-17-4-3-5-18(13-17)24-20(28)15-25-8-10-26(11-9-25)22(30)16-12-21(29)27(14-16)19-6-1-2-7-19/h3-5,13,16,19H,1-2,6-12,14-15H2,(H,24,28)/t16-/m1/s1. The quantitative estimate of drug-likeness (QED) is 0.793. The van der Waals surface area contributed by atoms with Gasteiger partial charge in [-0.05, 0) is 31.0 Å². The highest BCUT2D eigenvalue weighted by atomic mass is 19.1. The first-order chi connectivity index (χ1) is 14.5. The van der Waals surface area contributed by atoms with E-state index in [2.05, 4.69) is 5.32 Å². The van der Waals surface area contributed by atoms with Gasteiger partial charge in [-0.3, -0.25) is 19.3 Å². The van der Waals surface area contributed by atoms with E-state index in [0.29, 0.717) is 50.9 Å². The van der Waals surface area contributed by atoms with Gasteiger partial charge in [0, 0.05) is 50.9 Å². The third-order valence-electron chi connectivity index (χ3n) is 6.43. The monoisotopic (exact) mass is 416 g/mol. The number of benzene rings is 1. The van der Waals surface area contributed by atoms with Crippen LogP contribution in [-0.2, 0) is 14.4 Å². The summed E-state index contributed by atoms with van der Waals surface area (Å²) in [5, 5.41) is 2.70. The summed E-state index contributed by atoms with van der Waals surface area (Å²) in [6.07, 6.45) is 4.78. The van der Waals surface area contributed by atoms with Crippen LogP contribution in [0.4, 0.5) is 10.1 Å². The number of nitrogens with zero attached hydrogens (tertiary/aromatic N) is 3. The Labute approximate surface area is 176 Å². The van der Waals surface area contributed by atoms with Crippen molar-refractivity contribution in [2.75, 3.05) is 44.6 Å². The second-order valence-electron chi connectivity index (χ2n) is 8.55. The number of amides is 3. The molecule has 3 amide bonds. The molecule has 0 radical (unpaired) electrons. The first-order valence-electron chi connectivity index (χ1n) is 10.9. The van der Waals surface area contributed by atoms with Crippen molar-refractivity contribution in [2.45, 2.75) is 38.1 Å². The number of carbonyl (C=O) groups is 3. The molecule has 2 aliphatic heterocycles. The minimum Gasteiger partial charge on any atom is -0.340 e. The Hall–Kier alpha value is -2.48. The van der Waals surface area contributed by atoms with E-state index in [4.69, 9.17) is 0 Å². The van der Waals surface area contributed by atoms with Gasteiger partial charge in [0.1, 0.15) is 5.82 Å². The zero-order valence-electron chi connectivity index (χ0n) is 17.2. The maximum atomic E-state index is 13.2. The van der Waals surface area contributed by atoms with Gasteiger partial charge in [0.15, 0.2) is 0 Å². The maximum absolute atomic E-state index is 13.2. The van der Waals surface area contributed by atoms with Crippen LogP contribution in [0, 0.1) is 11.7 Å². The van der Waals surface area contributed by atoms with E-state index in [1.807, 2.05) is 14.7 Å². The fourth-order valence-corrected chi connectivity index (χ4v) is 4.82. The van der Waals surface area contributed by atoms with Crippen LogP contribution in [0.2, 0.25) is 0 Å². The van der Waals surface area contributed by atoms with Crippen LogP contribution in [0.15, 0.2) is 24.3 Å². The molecule has 1 aromatic carbocycles. The summed E-state index contributed by atoms with van der Waals surface area (Å²) in [5.74, 6) is -0.646. The summed E-state index contributed by atoms with van der Waals surface area (Å²) in [7, 11) is 0. The van der Waals surface area contributed by atoms with E-state index < -0.39 is 5.82 Å². The summed E-state index contributed by atoms with van der Waals surface area (Å²) in [5.41, 5.74) is 0.437. The zero-order chi connectivity index (χ0) is 21.1. The van der Waals surface area contributed by atoms with Crippen molar-refractivity contribution in [3.05, 3.63) is 30.1 Å². The predicted molar refractivity (Wildman–Crippen MR) is 110 cm³/mol. The van der Waals surface area contributed by atoms with Crippen LogP contribution < -0.4 is 5.32 Å². The molecule has 2 heterocycles. The fraction of sp³-hybridized carbons (Fsp3) is 0.591. The molecule has 1 aliphatic carbocycles. The average molecular weight is 416 g/mol. The van der Waals surface area contributed by atoms with Crippen LogP contribution in [0.5, 0.6) is 0 Å². The molecule has 1 aromatic rings. The molecule has 162 valence electrons. The van der Waals surface area contributed by atoms with Crippen LogP contribution in [0.1, 0.15) is 32.1 Å². The second-order valence-corrected chi connectivity index (χ2v) is 8.55. The van der Waals surface area contributed by atoms with Crippen molar-refractivity contribution in [3.8, 4) is 0 Å². The van der Waals surface area contributed by atoms with Crippen molar-refractivity contribution < 1.29 is 18.8 Å². The Morgan fingerprint density at radius 1 is 1.10 bits per heavy atom. The van der Waals surface area contributed by atoms with Crippen molar-refractivity contribution in [1.82, 2.24) is 14.7 Å². The van der Waals surface area contributed by atoms with Crippen LogP contribution >= 0.6 is 0 Å². The zero-order valence-corrected chi connectivity index (χ0v) is 17.2. The van der Waals surface area contributed by atoms with Gasteiger partial charge in [-0.1, -0.05) is 18.9 Å². The second kappa shape index (κ2) is 9.12. The van der Waals surface area contributed by atoms with Gasteiger partial charge in [0.05, 0.1) is 12.5 Å². The van der Waals surface area contributed by atoms with Crippen molar-refractivity contribution in [2.24, 2.45) is 5.92 Å². The SMILES string of the molecule is O=C(CN1CCN(C(=O)[C@@H]2CC(=O)N(C3CCCC3)C2)CC1)Nc1cccc(F)c1. The molecule has 2 saturated heterocycles. The van der Waals surface area contributed by atoms with E-state index in [1.54, 1.807) is 12.1 Å². The van der Waals surface area contributed by atoms with E-state index in [9.17, 15) is 18.8 Å². The molecular formula is C22H29FN4O3. The molecule has 1 saturated carbocycles.